The first-order valence-corrected chi connectivity index (χ1v) is 6.14. The van der Waals surface area contributed by atoms with Gasteiger partial charge in [-0.05, 0) is 19.1 Å². The first kappa shape index (κ1) is 12.2. The molecule has 0 amide bonds. The third-order valence-corrected chi connectivity index (χ3v) is 3.69. The van der Waals surface area contributed by atoms with Crippen LogP contribution in [0.2, 0.25) is 0 Å². The topological polar surface area (TPSA) is 43.9 Å². The molecular formula is C13H20NO3+. The first-order chi connectivity index (χ1) is 8.08. The van der Waals surface area contributed by atoms with Crippen molar-refractivity contribution in [1.29, 1.82) is 0 Å². The summed E-state index contributed by atoms with van der Waals surface area (Å²) in [7, 11) is 2.19. The number of quaternary nitrogens is 1. The Bertz CT molecular complexity index is 374. The minimum absolute atomic E-state index is 0.00583. The smallest absolute Gasteiger partial charge is 0.374 e. The van der Waals surface area contributed by atoms with E-state index in [2.05, 4.69) is 20.9 Å². The van der Waals surface area contributed by atoms with E-state index < -0.39 is 0 Å². The van der Waals surface area contributed by atoms with Gasteiger partial charge in [0, 0.05) is 12.3 Å². The highest BCUT2D eigenvalue weighted by Gasteiger charge is 2.34. The third kappa shape index (κ3) is 2.69. The molecule has 1 aliphatic heterocycles. The molecule has 0 aromatic carbocycles. The number of hydrogen-bond acceptors (Lipinski definition) is 3. The second-order valence-electron chi connectivity index (χ2n) is 5.09. The molecule has 2 rings (SSSR count). The van der Waals surface area contributed by atoms with Gasteiger partial charge in [-0.3, -0.25) is 0 Å². The fourth-order valence-corrected chi connectivity index (χ4v) is 2.38. The van der Waals surface area contributed by atoms with Gasteiger partial charge in [0.15, 0.2) is 0 Å². The maximum atomic E-state index is 11.8. The van der Waals surface area contributed by atoms with Crippen LogP contribution in [0.4, 0.5) is 0 Å². The van der Waals surface area contributed by atoms with Crippen LogP contribution in [0, 0.1) is 5.92 Å². The molecule has 0 aliphatic carbocycles. The quantitative estimate of drug-likeness (QED) is 0.773. The van der Waals surface area contributed by atoms with Gasteiger partial charge in [-0.1, -0.05) is 6.92 Å². The van der Waals surface area contributed by atoms with E-state index in [1.165, 1.54) is 11.2 Å². The van der Waals surface area contributed by atoms with E-state index in [-0.39, 0.29) is 17.8 Å². The molecule has 1 aromatic rings. The van der Waals surface area contributed by atoms with Crippen LogP contribution in [0.15, 0.2) is 22.8 Å². The Morgan fingerprint density at radius 1 is 1.53 bits per heavy atom. The van der Waals surface area contributed by atoms with Crippen molar-refractivity contribution < 1.29 is 18.8 Å². The number of ether oxygens (including phenoxy) is 1. The Kier molecular flexibility index (Phi) is 3.52. The number of rotatable bonds is 2. The van der Waals surface area contributed by atoms with Crippen LogP contribution in [-0.2, 0) is 4.74 Å². The molecule has 0 spiro atoms. The van der Waals surface area contributed by atoms with Gasteiger partial charge in [-0.25, -0.2) is 4.79 Å². The van der Waals surface area contributed by atoms with Crippen molar-refractivity contribution in [3.63, 3.8) is 0 Å². The number of furan rings is 1. The molecule has 94 valence electrons. The third-order valence-electron chi connectivity index (χ3n) is 3.69. The lowest BCUT2D eigenvalue weighted by atomic mass is 9.92. The highest BCUT2D eigenvalue weighted by molar-refractivity contribution is 5.86. The van der Waals surface area contributed by atoms with E-state index in [4.69, 9.17) is 9.15 Å². The van der Waals surface area contributed by atoms with Gasteiger partial charge in [0.25, 0.3) is 0 Å². The fraction of sp³-hybridized carbons (Fsp3) is 0.615. The summed E-state index contributed by atoms with van der Waals surface area (Å²) >= 11 is 0. The zero-order valence-electron chi connectivity index (χ0n) is 10.6. The van der Waals surface area contributed by atoms with E-state index in [0.29, 0.717) is 12.0 Å². The van der Waals surface area contributed by atoms with Gasteiger partial charge in [0.05, 0.1) is 25.9 Å². The zero-order valence-corrected chi connectivity index (χ0v) is 10.6. The van der Waals surface area contributed by atoms with Crippen LogP contribution < -0.4 is 4.90 Å². The van der Waals surface area contributed by atoms with Crippen LogP contribution in [-0.4, -0.2) is 31.7 Å². The Hall–Kier alpha value is -1.29. The predicted molar refractivity (Wildman–Crippen MR) is 62.9 cm³/mol. The average Bonchev–Trinajstić information content (AvgIpc) is 2.79. The largest absolute Gasteiger partial charge is 0.457 e. The number of hydrogen-bond donors (Lipinski definition) is 1. The normalized spacial score (nSPS) is 33.4. The molecule has 4 nitrogen and oxygen atoms in total. The second-order valence-corrected chi connectivity index (χ2v) is 5.09. The molecule has 0 radical (unpaired) electrons. The number of esters is 1. The summed E-state index contributed by atoms with van der Waals surface area (Å²) in [5.41, 5.74) is 0. The van der Waals surface area contributed by atoms with Crippen LogP contribution in [0.3, 0.4) is 0 Å². The van der Waals surface area contributed by atoms with Crippen LogP contribution in [0.1, 0.15) is 30.8 Å². The van der Waals surface area contributed by atoms with Gasteiger partial charge in [-0.15, -0.1) is 0 Å². The number of piperidine rings is 1. The predicted octanol–water partition coefficient (Wildman–Crippen LogP) is 0.748. The highest BCUT2D eigenvalue weighted by Crippen LogP contribution is 2.17. The molecule has 1 aromatic heterocycles. The summed E-state index contributed by atoms with van der Waals surface area (Å²) < 4.78 is 10.6. The molecule has 2 heterocycles. The van der Waals surface area contributed by atoms with Gasteiger partial charge in [-0.2, -0.15) is 0 Å². The van der Waals surface area contributed by atoms with Crippen molar-refractivity contribution in [2.24, 2.45) is 5.92 Å². The lowest BCUT2D eigenvalue weighted by Gasteiger charge is -2.36. The van der Waals surface area contributed by atoms with Crippen molar-refractivity contribution >= 4 is 5.97 Å². The van der Waals surface area contributed by atoms with E-state index in [1.54, 1.807) is 12.1 Å². The van der Waals surface area contributed by atoms with E-state index >= 15 is 0 Å². The molecule has 17 heavy (non-hydrogen) atoms. The number of likely N-dealkylation sites (tertiary alicyclic amines) is 1. The Morgan fingerprint density at radius 2 is 2.29 bits per heavy atom. The molecule has 1 aliphatic rings. The molecule has 1 fully saturated rings. The molecule has 4 atom stereocenters. The first-order valence-electron chi connectivity index (χ1n) is 6.14. The van der Waals surface area contributed by atoms with E-state index in [0.717, 1.165) is 13.0 Å². The second kappa shape index (κ2) is 4.92. The Balaban J connectivity index is 1.97. The summed E-state index contributed by atoms with van der Waals surface area (Å²) in [4.78, 5) is 13.3. The summed E-state index contributed by atoms with van der Waals surface area (Å²) in [5.74, 6) is 0.333. The fourth-order valence-electron chi connectivity index (χ4n) is 2.38. The summed E-state index contributed by atoms with van der Waals surface area (Å²) in [5, 5.41) is 0. The monoisotopic (exact) mass is 238 g/mol. The van der Waals surface area contributed by atoms with Crippen LogP contribution >= 0.6 is 0 Å². The minimum atomic E-state index is -0.349. The highest BCUT2D eigenvalue weighted by atomic mass is 16.6. The maximum Gasteiger partial charge on any atom is 0.374 e. The van der Waals surface area contributed by atoms with E-state index in [9.17, 15) is 4.79 Å². The lowest BCUT2D eigenvalue weighted by Crippen LogP contribution is -3.14. The lowest BCUT2D eigenvalue weighted by molar-refractivity contribution is -0.914. The van der Waals surface area contributed by atoms with Crippen molar-refractivity contribution in [1.82, 2.24) is 0 Å². The van der Waals surface area contributed by atoms with Crippen LogP contribution in [0.5, 0.6) is 0 Å². The van der Waals surface area contributed by atoms with Gasteiger partial charge < -0.3 is 14.1 Å². The summed E-state index contributed by atoms with van der Waals surface area (Å²) in [6.45, 7) is 5.36. The molecule has 4 heteroatoms. The molecule has 1 saturated heterocycles. The van der Waals surface area contributed by atoms with Gasteiger partial charge in [0.1, 0.15) is 6.10 Å². The van der Waals surface area contributed by atoms with Crippen LogP contribution in [0.25, 0.3) is 0 Å². The summed E-state index contributed by atoms with van der Waals surface area (Å²) in [6, 6.07) is 3.86. The SMILES string of the molecule is CC1C[NH+](C)C(C)CC1OC(=O)c1ccco1. The molecular weight excluding hydrogens is 218 g/mol. The zero-order chi connectivity index (χ0) is 12.4. The standard InChI is InChI=1S/C13H19NO3/c1-9-8-14(3)10(2)7-12(9)17-13(15)11-5-4-6-16-11/h4-6,9-10,12H,7-8H2,1-3H3/p+1. The molecule has 1 N–H and O–H groups in total. The minimum Gasteiger partial charge on any atom is -0.457 e. The van der Waals surface area contributed by atoms with Crippen molar-refractivity contribution in [2.75, 3.05) is 13.6 Å². The van der Waals surface area contributed by atoms with Gasteiger partial charge in [0.2, 0.25) is 5.76 Å². The number of nitrogens with one attached hydrogen (secondary N) is 1. The Morgan fingerprint density at radius 3 is 2.94 bits per heavy atom. The van der Waals surface area contributed by atoms with Gasteiger partial charge >= 0.3 is 5.97 Å². The van der Waals surface area contributed by atoms with Crippen molar-refractivity contribution in [2.45, 2.75) is 32.4 Å². The van der Waals surface area contributed by atoms with Crippen molar-refractivity contribution in [3.05, 3.63) is 24.2 Å². The maximum absolute atomic E-state index is 11.8. The number of carbonyl (C=O) groups is 1. The van der Waals surface area contributed by atoms with E-state index in [1.807, 2.05) is 0 Å². The summed E-state index contributed by atoms with van der Waals surface area (Å²) in [6.07, 6.45) is 2.41. The molecule has 0 saturated carbocycles. The number of carbonyl (C=O) groups excluding carboxylic acids is 1. The average molecular weight is 238 g/mol. The van der Waals surface area contributed by atoms with Crippen molar-refractivity contribution in [3.8, 4) is 0 Å². The Labute approximate surface area is 102 Å². The molecule has 0 bridgehead atoms. The molecule has 4 unspecified atom stereocenters.